The SMILES string of the molecule is O=C(Nc1cc(CO)cc(NC(=O)c2cccc(O)c2)c1)c1cccc(O)c1. The van der Waals surface area contributed by atoms with Crippen molar-refractivity contribution in [3.63, 3.8) is 0 Å². The Morgan fingerprint density at radius 3 is 1.57 bits per heavy atom. The lowest BCUT2D eigenvalue weighted by molar-refractivity contribution is 0.101. The largest absolute Gasteiger partial charge is 0.508 e. The van der Waals surface area contributed by atoms with Crippen molar-refractivity contribution in [3.8, 4) is 11.5 Å². The van der Waals surface area contributed by atoms with Gasteiger partial charge in [0.05, 0.1) is 6.61 Å². The maximum atomic E-state index is 12.4. The van der Waals surface area contributed by atoms with Gasteiger partial charge in [-0.15, -0.1) is 0 Å². The first-order chi connectivity index (χ1) is 13.4. The van der Waals surface area contributed by atoms with Crippen molar-refractivity contribution < 1.29 is 24.9 Å². The first kappa shape index (κ1) is 18.9. The van der Waals surface area contributed by atoms with E-state index in [1.54, 1.807) is 42.5 Å². The van der Waals surface area contributed by atoms with Crippen LogP contribution in [-0.4, -0.2) is 27.1 Å². The van der Waals surface area contributed by atoms with Gasteiger partial charge in [-0.2, -0.15) is 0 Å². The molecule has 0 atom stereocenters. The van der Waals surface area contributed by atoms with E-state index in [0.29, 0.717) is 16.9 Å². The minimum absolute atomic E-state index is 0.0316. The fourth-order valence-corrected chi connectivity index (χ4v) is 2.63. The van der Waals surface area contributed by atoms with Crippen LogP contribution in [0.2, 0.25) is 0 Å². The summed E-state index contributed by atoms with van der Waals surface area (Å²) in [5, 5.41) is 33.8. The molecule has 0 saturated carbocycles. The molecule has 0 aliphatic heterocycles. The van der Waals surface area contributed by atoms with Crippen molar-refractivity contribution in [2.24, 2.45) is 0 Å². The Balaban J connectivity index is 1.81. The number of hydrogen-bond donors (Lipinski definition) is 5. The van der Waals surface area contributed by atoms with Gasteiger partial charge in [-0.3, -0.25) is 9.59 Å². The molecule has 0 aliphatic rings. The van der Waals surface area contributed by atoms with Crippen LogP contribution in [0.15, 0.2) is 66.7 Å². The van der Waals surface area contributed by atoms with Crippen LogP contribution in [0.25, 0.3) is 0 Å². The summed E-state index contributed by atoms with van der Waals surface area (Å²) in [5.74, 6) is -0.959. The Morgan fingerprint density at radius 1 is 0.714 bits per heavy atom. The number of hydrogen-bond acceptors (Lipinski definition) is 5. The number of aliphatic hydroxyl groups excluding tert-OH is 1. The van der Waals surface area contributed by atoms with Crippen molar-refractivity contribution in [2.75, 3.05) is 10.6 Å². The van der Waals surface area contributed by atoms with E-state index in [2.05, 4.69) is 10.6 Å². The van der Waals surface area contributed by atoms with E-state index in [1.807, 2.05) is 0 Å². The summed E-state index contributed by atoms with van der Waals surface area (Å²) in [6, 6.07) is 16.5. The lowest BCUT2D eigenvalue weighted by Gasteiger charge is -2.12. The van der Waals surface area contributed by atoms with Gasteiger partial charge in [-0.1, -0.05) is 12.1 Å². The molecule has 0 radical (unpaired) electrons. The predicted octanol–water partition coefficient (Wildman–Crippen LogP) is 3.09. The van der Waals surface area contributed by atoms with Crippen molar-refractivity contribution in [2.45, 2.75) is 6.61 Å². The fraction of sp³-hybridized carbons (Fsp3) is 0.0476. The summed E-state index contributed by atoms with van der Waals surface area (Å²) in [5.41, 5.74) is 1.75. The number of phenolic OH excluding ortho intramolecular Hbond substituents is 2. The lowest BCUT2D eigenvalue weighted by atomic mass is 10.1. The zero-order chi connectivity index (χ0) is 20.1. The highest BCUT2D eigenvalue weighted by Gasteiger charge is 2.11. The number of phenols is 2. The van der Waals surface area contributed by atoms with Crippen LogP contribution in [-0.2, 0) is 6.61 Å². The van der Waals surface area contributed by atoms with E-state index < -0.39 is 11.8 Å². The minimum atomic E-state index is -0.448. The molecule has 0 fully saturated rings. The smallest absolute Gasteiger partial charge is 0.255 e. The van der Waals surface area contributed by atoms with Crippen molar-refractivity contribution in [3.05, 3.63) is 83.4 Å². The summed E-state index contributed by atoms with van der Waals surface area (Å²) >= 11 is 0. The molecule has 0 bridgehead atoms. The van der Waals surface area contributed by atoms with Crippen LogP contribution in [0.3, 0.4) is 0 Å². The third-order valence-corrected chi connectivity index (χ3v) is 3.91. The van der Waals surface area contributed by atoms with Crippen LogP contribution < -0.4 is 10.6 Å². The van der Waals surface area contributed by atoms with Gasteiger partial charge >= 0.3 is 0 Å². The molecule has 0 saturated heterocycles. The monoisotopic (exact) mass is 378 g/mol. The van der Waals surface area contributed by atoms with Crippen LogP contribution in [0, 0.1) is 0 Å². The Bertz CT molecular complexity index is 955. The highest BCUT2D eigenvalue weighted by atomic mass is 16.3. The van der Waals surface area contributed by atoms with Crippen LogP contribution >= 0.6 is 0 Å². The molecule has 7 nitrogen and oxygen atoms in total. The van der Waals surface area contributed by atoms with Gasteiger partial charge in [0, 0.05) is 22.5 Å². The normalized spacial score (nSPS) is 10.3. The molecule has 3 aromatic carbocycles. The molecule has 0 spiro atoms. The molecule has 3 rings (SSSR count). The second kappa shape index (κ2) is 8.24. The molecule has 2 amide bonds. The number of amides is 2. The summed E-state index contributed by atoms with van der Waals surface area (Å²) in [4.78, 5) is 24.7. The summed E-state index contributed by atoms with van der Waals surface area (Å²) < 4.78 is 0. The molecular formula is C21H18N2O5. The second-order valence-corrected chi connectivity index (χ2v) is 6.09. The zero-order valence-electron chi connectivity index (χ0n) is 14.7. The van der Waals surface area contributed by atoms with Crippen molar-refractivity contribution in [1.82, 2.24) is 0 Å². The molecule has 28 heavy (non-hydrogen) atoms. The Labute approximate surface area is 160 Å². The van der Waals surface area contributed by atoms with E-state index in [1.165, 1.54) is 24.3 Å². The van der Waals surface area contributed by atoms with Gasteiger partial charge in [0.15, 0.2) is 0 Å². The quantitative estimate of drug-likeness (QED) is 0.467. The van der Waals surface area contributed by atoms with E-state index in [4.69, 9.17) is 0 Å². The van der Waals surface area contributed by atoms with Crippen molar-refractivity contribution >= 4 is 23.2 Å². The fourth-order valence-electron chi connectivity index (χ4n) is 2.63. The topological polar surface area (TPSA) is 119 Å². The molecule has 0 aromatic heterocycles. The van der Waals surface area contributed by atoms with Crippen molar-refractivity contribution in [1.29, 1.82) is 0 Å². The summed E-state index contributed by atoms with van der Waals surface area (Å²) in [6.07, 6.45) is 0. The predicted molar refractivity (Wildman–Crippen MR) is 104 cm³/mol. The van der Waals surface area contributed by atoms with E-state index >= 15 is 0 Å². The Kier molecular flexibility index (Phi) is 5.57. The summed E-state index contributed by atoms with van der Waals surface area (Å²) in [6.45, 7) is -0.287. The molecule has 7 heteroatoms. The molecule has 142 valence electrons. The van der Waals surface area contributed by atoms with Gasteiger partial charge in [0.25, 0.3) is 11.8 Å². The highest BCUT2D eigenvalue weighted by Crippen LogP contribution is 2.22. The molecule has 5 N–H and O–H groups in total. The van der Waals surface area contributed by atoms with Gasteiger partial charge < -0.3 is 26.0 Å². The van der Waals surface area contributed by atoms with Crippen LogP contribution in [0.1, 0.15) is 26.3 Å². The number of benzene rings is 3. The maximum absolute atomic E-state index is 12.4. The minimum Gasteiger partial charge on any atom is -0.508 e. The molecule has 0 heterocycles. The van der Waals surface area contributed by atoms with Gasteiger partial charge in [0.1, 0.15) is 11.5 Å². The number of aliphatic hydroxyl groups is 1. The van der Waals surface area contributed by atoms with Gasteiger partial charge in [0.2, 0.25) is 0 Å². The standard InChI is InChI=1S/C21H18N2O5/c24-12-13-7-16(22-20(27)14-3-1-5-18(25)9-14)11-17(8-13)23-21(28)15-4-2-6-19(26)10-15/h1-11,24-26H,12H2,(H,22,27)(H,23,28). The maximum Gasteiger partial charge on any atom is 0.255 e. The first-order valence-corrected chi connectivity index (χ1v) is 8.40. The average Bonchev–Trinajstić information content (AvgIpc) is 2.67. The first-order valence-electron chi connectivity index (χ1n) is 8.40. The summed E-state index contributed by atoms with van der Waals surface area (Å²) in [7, 11) is 0. The number of aromatic hydroxyl groups is 2. The Morgan fingerprint density at radius 2 is 1.18 bits per heavy atom. The zero-order valence-corrected chi connectivity index (χ0v) is 14.7. The number of anilines is 2. The second-order valence-electron chi connectivity index (χ2n) is 6.09. The van der Waals surface area contributed by atoms with E-state index in [0.717, 1.165) is 0 Å². The number of carbonyl (C=O) groups excluding carboxylic acids is 2. The molecule has 0 unspecified atom stereocenters. The Hall–Kier alpha value is -3.84. The van der Waals surface area contributed by atoms with Crippen LogP contribution in [0.4, 0.5) is 11.4 Å². The van der Waals surface area contributed by atoms with Gasteiger partial charge in [-0.25, -0.2) is 0 Å². The number of nitrogens with one attached hydrogen (secondary N) is 2. The third kappa shape index (κ3) is 4.66. The number of carbonyl (C=O) groups is 2. The van der Waals surface area contributed by atoms with E-state index in [9.17, 15) is 24.9 Å². The van der Waals surface area contributed by atoms with E-state index in [-0.39, 0.29) is 29.2 Å². The molecule has 0 aliphatic carbocycles. The van der Waals surface area contributed by atoms with Gasteiger partial charge in [-0.05, 0) is 60.2 Å². The van der Waals surface area contributed by atoms with Crippen LogP contribution in [0.5, 0.6) is 11.5 Å². The number of rotatable bonds is 5. The highest BCUT2D eigenvalue weighted by molar-refractivity contribution is 6.06. The average molecular weight is 378 g/mol. The third-order valence-electron chi connectivity index (χ3n) is 3.91. The lowest BCUT2D eigenvalue weighted by Crippen LogP contribution is -2.14. The molecule has 3 aromatic rings. The molecular weight excluding hydrogens is 360 g/mol.